The SMILES string of the molecule is C[C@H](C[C@@H](c1ccc(-c2ccccc2)cc1)N(C)C(=O)[C@@H]1C[C@H]1C(=O)O)C(=O)O. The van der Waals surface area contributed by atoms with Crippen molar-refractivity contribution in [3.63, 3.8) is 0 Å². The molecule has 29 heavy (non-hydrogen) atoms. The summed E-state index contributed by atoms with van der Waals surface area (Å²) in [7, 11) is 1.63. The second-order valence-electron chi connectivity index (χ2n) is 7.71. The van der Waals surface area contributed by atoms with E-state index >= 15 is 0 Å². The van der Waals surface area contributed by atoms with Crippen molar-refractivity contribution in [1.82, 2.24) is 4.90 Å². The van der Waals surface area contributed by atoms with Crippen molar-refractivity contribution in [2.75, 3.05) is 7.05 Å². The molecule has 0 radical (unpaired) electrons. The molecule has 0 saturated heterocycles. The number of hydrogen-bond donors (Lipinski definition) is 2. The predicted octanol–water partition coefficient (Wildman–Crippen LogP) is 3.68. The maximum atomic E-state index is 12.8. The highest BCUT2D eigenvalue weighted by Gasteiger charge is 2.50. The van der Waals surface area contributed by atoms with Crippen LogP contribution in [0.25, 0.3) is 11.1 Å². The minimum absolute atomic E-state index is 0.243. The van der Waals surface area contributed by atoms with E-state index in [2.05, 4.69) is 0 Å². The zero-order valence-electron chi connectivity index (χ0n) is 16.5. The quantitative estimate of drug-likeness (QED) is 0.711. The Bertz CT molecular complexity index is 893. The molecule has 0 spiro atoms. The summed E-state index contributed by atoms with van der Waals surface area (Å²) in [5.41, 5.74) is 2.93. The zero-order valence-corrected chi connectivity index (χ0v) is 16.5. The molecule has 3 rings (SSSR count). The van der Waals surface area contributed by atoms with E-state index in [0.717, 1.165) is 16.7 Å². The first-order valence-electron chi connectivity index (χ1n) is 9.67. The van der Waals surface area contributed by atoms with Crippen LogP contribution in [0.3, 0.4) is 0 Å². The van der Waals surface area contributed by atoms with Crippen molar-refractivity contribution in [2.24, 2.45) is 17.8 Å². The number of hydrogen-bond acceptors (Lipinski definition) is 3. The van der Waals surface area contributed by atoms with Gasteiger partial charge in [-0.2, -0.15) is 0 Å². The number of carbonyl (C=O) groups excluding carboxylic acids is 1. The molecule has 152 valence electrons. The summed E-state index contributed by atoms with van der Waals surface area (Å²) in [5.74, 6) is -3.93. The highest BCUT2D eigenvalue weighted by Crippen LogP contribution is 2.42. The number of carboxylic acids is 2. The molecule has 0 unspecified atom stereocenters. The predicted molar refractivity (Wildman–Crippen MR) is 108 cm³/mol. The average Bonchev–Trinajstić information content (AvgIpc) is 3.53. The maximum absolute atomic E-state index is 12.8. The van der Waals surface area contributed by atoms with Crippen LogP contribution in [0.2, 0.25) is 0 Å². The lowest BCUT2D eigenvalue weighted by Gasteiger charge is -2.30. The van der Waals surface area contributed by atoms with Crippen LogP contribution in [0.4, 0.5) is 0 Å². The van der Waals surface area contributed by atoms with E-state index in [1.165, 1.54) is 4.90 Å². The van der Waals surface area contributed by atoms with E-state index < -0.39 is 35.7 Å². The van der Waals surface area contributed by atoms with Gasteiger partial charge in [0, 0.05) is 7.05 Å². The summed E-state index contributed by atoms with van der Waals surface area (Å²) >= 11 is 0. The molecule has 2 N–H and O–H groups in total. The van der Waals surface area contributed by atoms with Gasteiger partial charge in [0.05, 0.1) is 23.8 Å². The number of rotatable bonds is 8. The topological polar surface area (TPSA) is 94.9 Å². The van der Waals surface area contributed by atoms with Gasteiger partial charge in [-0.1, -0.05) is 61.5 Å². The van der Waals surface area contributed by atoms with E-state index in [1.807, 2.05) is 54.6 Å². The molecule has 4 atom stereocenters. The summed E-state index contributed by atoms with van der Waals surface area (Å²) in [5, 5.41) is 18.5. The lowest BCUT2D eigenvalue weighted by molar-refractivity contribution is -0.144. The molecular weight excluding hydrogens is 370 g/mol. The number of carbonyl (C=O) groups is 3. The van der Waals surface area contributed by atoms with Crippen LogP contribution in [0, 0.1) is 17.8 Å². The third-order valence-corrected chi connectivity index (χ3v) is 5.64. The fraction of sp³-hybridized carbons (Fsp3) is 0.348. The van der Waals surface area contributed by atoms with Gasteiger partial charge in [0.2, 0.25) is 5.91 Å². The molecule has 0 aliphatic heterocycles. The standard InChI is InChI=1S/C23H25NO5/c1-14(22(26)27)12-20(24(2)21(25)18-13-19(18)23(28)29)17-10-8-16(9-11-17)15-6-4-3-5-7-15/h3-11,14,18-20H,12-13H2,1-2H3,(H,26,27)(H,28,29)/t14-,18-,19-,20+/m1/s1. The van der Waals surface area contributed by atoms with Crippen molar-refractivity contribution in [1.29, 1.82) is 0 Å². The second-order valence-corrected chi connectivity index (χ2v) is 7.71. The number of benzene rings is 2. The van der Waals surface area contributed by atoms with Crippen molar-refractivity contribution in [3.05, 3.63) is 60.2 Å². The van der Waals surface area contributed by atoms with E-state index in [1.54, 1.807) is 14.0 Å². The summed E-state index contributed by atoms with van der Waals surface area (Å²) in [6.07, 6.45) is 0.597. The van der Waals surface area contributed by atoms with Gasteiger partial charge in [0.25, 0.3) is 0 Å². The van der Waals surface area contributed by atoms with Crippen molar-refractivity contribution in [2.45, 2.75) is 25.8 Å². The Kier molecular flexibility index (Phi) is 6.01. The van der Waals surface area contributed by atoms with Crippen molar-refractivity contribution in [3.8, 4) is 11.1 Å². The fourth-order valence-corrected chi connectivity index (χ4v) is 3.64. The van der Waals surface area contributed by atoms with Gasteiger partial charge in [0.15, 0.2) is 0 Å². The first-order valence-corrected chi connectivity index (χ1v) is 9.67. The van der Waals surface area contributed by atoms with Crippen molar-refractivity contribution < 1.29 is 24.6 Å². The van der Waals surface area contributed by atoms with Gasteiger partial charge in [-0.25, -0.2) is 0 Å². The molecular formula is C23H25NO5. The lowest BCUT2D eigenvalue weighted by Crippen LogP contribution is -2.35. The molecule has 2 aromatic carbocycles. The van der Waals surface area contributed by atoms with Gasteiger partial charge in [-0.3, -0.25) is 14.4 Å². The monoisotopic (exact) mass is 395 g/mol. The maximum Gasteiger partial charge on any atom is 0.307 e. The molecule has 1 amide bonds. The van der Waals surface area contributed by atoms with Gasteiger partial charge in [-0.15, -0.1) is 0 Å². The number of amides is 1. The smallest absolute Gasteiger partial charge is 0.307 e. The Morgan fingerprint density at radius 1 is 0.966 bits per heavy atom. The largest absolute Gasteiger partial charge is 0.481 e. The van der Waals surface area contributed by atoms with E-state index in [0.29, 0.717) is 6.42 Å². The van der Waals surface area contributed by atoms with Gasteiger partial charge >= 0.3 is 11.9 Å². The third-order valence-electron chi connectivity index (χ3n) is 5.64. The Balaban J connectivity index is 1.84. The van der Waals surface area contributed by atoms with Crippen LogP contribution >= 0.6 is 0 Å². The first kappa shape index (κ1) is 20.6. The van der Waals surface area contributed by atoms with Crippen LogP contribution in [-0.2, 0) is 14.4 Å². The Morgan fingerprint density at radius 3 is 2.07 bits per heavy atom. The number of aliphatic carboxylic acids is 2. The van der Waals surface area contributed by atoms with Gasteiger partial charge in [0.1, 0.15) is 0 Å². The summed E-state index contributed by atoms with van der Waals surface area (Å²) in [6.45, 7) is 1.61. The average molecular weight is 395 g/mol. The van der Waals surface area contributed by atoms with E-state index in [-0.39, 0.29) is 12.3 Å². The first-order chi connectivity index (χ1) is 13.8. The molecule has 0 aromatic heterocycles. The summed E-state index contributed by atoms with van der Waals surface area (Å²) in [4.78, 5) is 36.8. The molecule has 1 fully saturated rings. The highest BCUT2D eigenvalue weighted by atomic mass is 16.4. The summed E-state index contributed by atoms with van der Waals surface area (Å²) in [6, 6.07) is 17.2. The van der Waals surface area contributed by atoms with E-state index in [4.69, 9.17) is 5.11 Å². The van der Waals surface area contributed by atoms with Crippen LogP contribution in [0.5, 0.6) is 0 Å². The van der Waals surface area contributed by atoms with Gasteiger partial charge in [-0.05, 0) is 29.5 Å². The van der Waals surface area contributed by atoms with Crippen LogP contribution in [0.15, 0.2) is 54.6 Å². The normalized spacial score (nSPS) is 19.8. The van der Waals surface area contributed by atoms with Crippen LogP contribution in [0.1, 0.15) is 31.4 Å². The summed E-state index contributed by atoms with van der Waals surface area (Å²) < 4.78 is 0. The second kappa shape index (κ2) is 8.47. The molecule has 1 aliphatic carbocycles. The van der Waals surface area contributed by atoms with Crippen molar-refractivity contribution >= 4 is 17.8 Å². The zero-order chi connectivity index (χ0) is 21.1. The number of nitrogens with zero attached hydrogens (tertiary/aromatic N) is 1. The lowest BCUT2D eigenvalue weighted by atomic mass is 9.93. The molecule has 0 heterocycles. The Hall–Kier alpha value is -3.15. The molecule has 1 aliphatic rings. The minimum atomic E-state index is -0.959. The molecule has 1 saturated carbocycles. The van der Waals surface area contributed by atoms with Gasteiger partial charge < -0.3 is 15.1 Å². The third kappa shape index (κ3) is 4.65. The number of carboxylic acid groups (broad SMARTS) is 2. The molecule has 0 bridgehead atoms. The Labute approximate surface area is 169 Å². The molecule has 6 nitrogen and oxygen atoms in total. The van der Waals surface area contributed by atoms with Crippen LogP contribution in [-0.4, -0.2) is 40.0 Å². The molecule has 6 heteroatoms. The molecule has 2 aromatic rings. The van der Waals surface area contributed by atoms with Crippen LogP contribution < -0.4 is 0 Å². The fourth-order valence-electron chi connectivity index (χ4n) is 3.64. The highest BCUT2D eigenvalue weighted by molar-refractivity contribution is 5.89. The van der Waals surface area contributed by atoms with E-state index in [9.17, 15) is 19.5 Å². The Morgan fingerprint density at radius 2 is 1.55 bits per heavy atom. The minimum Gasteiger partial charge on any atom is -0.481 e.